The average molecular weight is 411 g/mol. The summed E-state index contributed by atoms with van der Waals surface area (Å²) >= 11 is 0. The Hall–Kier alpha value is -3.65. The third kappa shape index (κ3) is 4.33. The molecule has 0 fully saturated rings. The highest BCUT2D eigenvalue weighted by Gasteiger charge is 2.35. The lowest BCUT2D eigenvalue weighted by atomic mass is 10.0. The number of nitrogens with zero attached hydrogens (tertiary/aromatic N) is 1. The zero-order chi connectivity index (χ0) is 21.7. The number of methoxy groups -OCH3 is 1. The Morgan fingerprint density at radius 2 is 1.60 bits per heavy atom. The number of ether oxygens (including phenoxy) is 1. The molecule has 3 rings (SSSR count). The molecule has 0 bridgehead atoms. The molecule has 156 valence electrons. The van der Waals surface area contributed by atoms with Crippen LogP contribution in [0.25, 0.3) is 22.6 Å². The van der Waals surface area contributed by atoms with Gasteiger partial charge in [-0.25, -0.2) is 9.59 Å². The molecule has 2 aromatic carbocycles. The highest BCUT2D eigenvalue weighted by atomic mass is 16.5. The summed E-state index contributed by atoms with van der Waals surface area (Å²) in [6.45, 7) is 0. The molecule has 0 radical (unpaired) electrons. The van der Waals surface area contributed by atoms with Gasteiger partial charge in [-0.1, -0.05) is 60.7 Å². The number of carbonyl (C=O) groups is 2. The van der Waals surface area contributed by atoms with Crippen molar-refractivity contribution in [3.05, 3.63) is 71.2 Å². The van der Waals surface area contributed by atoms with Gasteiger partial charge in [0.25, 0.3) is 0 Å². The maximum absolute atomic E-state index is 12.8. The number of carbonyl (C=O) groups excluding carboxylic acids is 1. The Balaban J connectivity index is 2.17. The molecule has 0 saturated heterocycles. The van der Waals surface area contributed by atoms with Crippen molar-refractivity contribution in [2.75, 3.05) is 7.11 Å². The molecule has 3 aromatic rings. The summed E-state index contributed by atoms with van der Waals surface area (Å²) in [6.07, 6.45) is -1.92. The molecule has 0 aliphatic rings. The Morgan fingerprint density at radius 1 is 1.03 bits per heavy atom. The van der Waals surface area contributed by atoms with E-state index in [1.165, 1.54) is 7.11 Å². The van der Waals surface area contributed by atoms with Gasteiger partial charge in [-0.3, -0.25) is 9.36 Å². The number of oxazole rings is 1. The van der Waals surface area contributed by atoms with Gasteiger partial charge in [0.2, 0.25) is 0 Å². The van der Waals surface area contributed by atoms with Crippen LogP contribution in [0.1, 0.15) is 18.9 Å². The fraction of sp³-hybridized carbons (Fsp3) is 0.227. The topological polar surface area (TPSA) is 119 Å². The lowest BCUT2D eigenvalue weighted by molar-refractivity contribution is -0.147. The van der Waals surface area contributed by atoms with Crippen molar-refractivity contribution in [2.45, 2.75) is 25.0 Å². The molecule has 0 aliphatic heterocycles. The Labute approximate surface area is 172 Å². The number of carboxylic acid groups (broad SMARTS) is 1. The first-order valence-electron chi connectivity index (χ1n) is 9.28. The maximum Gasteiger partial charge on any atom is 0.420 e. The number of benzene rings is 2. The fourth-order valence-electron chi connectivity index (χ4n) is 3.26. The molecule has 2 atom stereocenters. The van der Waals surface area contributed by atoms with Crippen LogP contribution in [0.2, 0.25) is 0 Å². The number of hydrogen-bond donors (Lipinski definition) is 2. The summed E-state index contributed by atoms with van der Waals surface area (Å²) in [4.78, 5) is 36.3. The normalized spacial score (nSPS) is 12.9. The van der Waals surface area contributed by atoms with Gasteiger partial charge < -0.3 is 19.4 Å². The van der Waals surface area contributed by atoms with Gasteiger partial charge in [0, 0.05) is 17.5 Å². The van der Waals surface area contributed by atoms with Crippen LogP contribution in [0.15, 0.2) is 69.9 Å². The third-order valence-electron chi connectivity index (χ3n) is 4.69. The van der Waals surface area contributed by atoms with E-state index in [0.717, 1.165) is 4.57 Å². The van der Waals surface area contributed by atoms with E-state index in [1.807, 2.05) is 0 Å². The number of aliphatic carboxylic acids is 1. The lowest BCUT2D eigenvalue weighted by Gasteiger charge is -2.21. The van der Waals surface area contributed by atoms with E-state index in [9.17, 15) is 24.6 Å². The predicted octanol–water partition coefficient (Wildman–Crippen LogP) is 2.72. The molecular weight excluding hydrogens is 390 g/mol. The molecule has 8 nitrogen and oxygen atoms in total. The van der Waals surface area contributed by atoms with Gasteiger partial charge in [0.15, 0.2) is 11.8 Å². The molecule has 0 aliphatic carbocycles. The van der Waals surface area contributed by atoms with E-state index < -0.39 is 29.8 Å². The van der Waals surface area contributed by atoms with Gasteiger partial charge in [0.05, 0.1) is 18.9 Å². The number of rotatable bonds is 8. The van der Waals surface area contributed by atoms with Crippen LogP contribution < -0.4 is 5.76 Å². The number of hydrogen-bond acceptors (Lipinski definition) is 6. The number of carboxylic acids is 1. The minimum atomic E-state index is -1.65. The SMILES string of the molecule is COC(=O)CC[C@H](O)[C@@H](C(=O)O)n1c(-c2ccccc2)c(-c2ccccc2)oc1=O. The largest absolute Gasteiger partial charge is 0.480 e. The Morgan fingerprint density at radius 3 is 2.13 bits per heavy atom. The quantitative estimate of drug-likeness (QED) is 0.547. The second-order valence-electron chi connectivity index (χ2n) is 6.61. The molecule has 8 heteroatoms. The van der Waals surface area contributed by atoms with E-state index >= 15 is 0 Å². The monoisotopic (exact) mass is 411 g/mol. The highest BCUT2D eigenvalue weighted by molar-refractivity contribution is 5.80. The number of aliphatic hydroxyl groups excluding tert-OH is 1. The summed E-state index contributed by atoms with van der Waals surface area (Å²) in [5.74, 6) is -2.74. The van der Waals surface area contributed by atoms with Crippen LogP contribution in [0.4, 0.5) is 0 Å². The molecular formula is C22H21NO7. The minimum Gasteiger partial charge on any atom is -0.480 e. The molecule has 1 heterocycles. The fourth-order valence-corrected chi connectivity index (χ4v) is 3.26. The summed E-state index contributed by atoms with van der Waals surface area (Å²) in [5, 5.41) is 20.4. The van der Waals surface area contributed by atoms with Gasteiger partial charge in [-0.15, -0.1) is 0 Å². The summed E-state index contributed by atoms with van der Waals surface area (Å²) < 4.78 is 10.9. The van der Waals surface area contributed by atoms with Gasteiger partial charge in [0.1, 0.15) is 0 Å². The van der Waals surface area contributed by atoms with Crippen molar-refractivity contribution in [1.29, 1.82) is 0 Å². The van der Waals surface area contributed by atoms with Crippen molar-refractivity contribution in [2.24, 2.45) is 0 Å². The standard InChI is InChI=1S/C22H21NO7/c1-29-17(25)13-12-16(24)19(21(26)27)23-18(14-8-4-2-5-9-14)20(30-22(23)28)15-10-6-3-7-11-15/h2-11,16,19,24H,12-13H2,1H3,(H,26,27)/t16-,19-/m0/s1. The molecule has 30 heavy (non-hydrogen) atoms. The Bertz CT molecular complexity index is 1070. The van der Waals surface area contributed by atoms with Crippen LogP contribution in [-0.2, 0) is 14.3 Å². The first-order valence-corrected chi connectivity index (χ1v) is 9.28. The van der Waals surface area contributed by atoms with Crippen LogP contribution in [0.3, 0.4) is 0 Å². The van der Waals surface area contributed by atoms with Crippen LogP contribution >= 0.6 is 0 Å². The van der Waals surface area contributed by atoms with Crippen molar-refractivity contribution in [3.8, 4) is 22.6 Å². The van der Waals surface area contributed by atoms with Crippen molar-refractivity contribution in [3.63, 3.8) is 0 Å². The predicted molar refractivity (Wildman–Crippen MR) is 108 cm³/mol. The first kappa shape index (κ1) is 21.1. The lowest BCUT2D eigenvalue weighted by Crippen LogP contribution is -2.36. The smallest absolute Gasteiger partial charge is 0.420 e. The van der Waals surface area contributed by atoms with Gasteiger partial charge >= 0.3 is 17.7 Å². The van der Waals surface area contributed by atoms with Gasteiger partial charge in [-0.05, 0) is 6.42 Å². The zero-order valence-electron chi connectivity index (χ0n) is 16.2. The first-order chi connectivity index (χ1) is 14.4. The number of esters is 1. The molecule has 0 unspecified atom stereocenters. The van der Waals surface area contributed by atoms with Crippen LogP contribution in [0, 0.1) is 0 Å². The van der Waals surface area contributed by atoms with E-state index in [1.54, 1.807) is 60.7 Å². The molecule has 1 aromatic heterocycles. The minimum absolute atomic E-state index is 0.193. The highest BCUT2D eigenvalue weighted by Crippen LogP contribution is 2.34. The number of aliphatic hydroxyl groups is 1. The summed E-state index contributed by atoms with van der Waals surface area (Å²) in [7, 11) is 1.20. The van der Waals surface area contributed by atoms with Crippen LogP contribution in [0.5, 0.6) is 0 Å². The van der Waals surface area contributed by atoms with E-state index in [-0.39, 0.29) is 24.3 Å². The van der Waals surface area contributed by atoms with E-state index in [0.29, 0.717) is 11.1 Å². The molecule has 0 spiro atoms. The van der Waals surface area contributed by atoms with Crippen molar-refractivity contribution >= 4 is 11.9 Å². The average Bonchev–Trinajstić information content (AvgIpc) is 3.10. The van der Waals surface area contributed by atoms with E-state index in [2.05, 4.69) is 4.74 Å². The van der Waals surface area contributed by atoms with Crippen molar-refractivity contribution in [1.82, 2.24) is 4.57 Å². The molecule has 2 N–H and O–H groups in total. The Kier molecular flexibility index (Phi) is 6.48. The summed E-state index contributed by atoms with van der Waals surface area (Å²) in [6, 6.07) is 15.9. The molecule has 0 saturated carbocycles. The second kappa shape index (κ2) is 9.23. The van der Waals surface area contributed by atoms with E-state index in [4.69, 9.17) is 4.42 Å². The third-order valence-corrected chi connectivity index (χ3v) is 4.69. The van der Waals surface area contributed by atoms with Crippen LogP contribution in [-0.4, -0.2) is 39.9 Å². The number of aromatic nitrogens is 1. The second-order valence-corrected chi connectivity index (χ2v) is 6.61. The van der Waals surface area contributed by atoms with Crippen molar-refractivity contribution < 1.29 is 29.0 Å². The maximum atomic E-state index is 12.8. The van der Waals surface area contributed by atoms with Gasteiger partial charge in [-0.2, -0.15) is 0 Å². The zero-order valence-corrected chi connectivity index (χ0v) is 16.2. The summed E-state index contributed by atoms with van der Waals surface area (Å²) in [5.41, 5.74) is 1.37. The molecule has 0 amide bonds.